The molecule has 0 atom stereocenters. The van der Waals surface area contributed by atoms with Crippen molar-refractivity contribution in [2.45, 2.75) is 18.6 Å². The van der Waals surface area contributed by atoms with Gasteiger partial charge in [0.15, 0.2) is 0 Å². The number of halogens is 1. The van der Waals surface area contributed by atoms with Crippen LogP contribution in [0.3, 0.4) is 0 Å². The van der Waals surface area contributed by atoms with Crippen molar-refractivity contribution in [1.82, 2.24) is 9.71 Å². The van der Waals surface area contributed by atoms with Gasteiger partial charge in [0, 0.05) is 25.8 Å². The highest BCUT2D eigenvalue weighted by atomic mass is 32.2. The Morgan fingerprint density at radius 3 is 2.52 bits per heavy atom. The Kier molecular flexibility index (Phi) is 5.65. The standard InChI is InChI=1S/C18H22FN3O2S/c19-17-5-3-16(4-6-17)14-25(23,24)21-12-15-7-10-22(11-8-15)18-2-1-9-20-13-18/h1-6,9,13,15,21H,7-8,10-12,14H2. The van der Waals surface area contributed by atoms with Crippen LogP contribution in [0.4, 0.5) is 10.1 Å². The molecular weight excluding hydrogens is 341 g/mol. The van der Waals surface area contributed by atoms with Crippen molar-refractivity contribution >= 4 is 15.7 Å². The number of nitrogens with one attached hydrogen (secondary N) is 1. The molecule has 1 aliphatic rings. The lowest BCUT2D eigenvalue weighted by Crippen LogP contribution is -2.39. The van der Waals surface area contributed by atoms with Crippen LogP contribution in [0.1, 0.15) is 18.4 Å². The number of nitrogens with zero attached hydrogens (tertiary/aromatic N) is 2. The zero-order chi connectivity index (χ0) is 17.7. The number of anilines is 1. The van der Waals surface area contributed by atoms with Gasteiger partial charge >= 0.3 is 0 Å². The first kappa shape index (κ1) is 17.8. The maximum absolute atomic E-state index is 12.9. The molecular formula is C18H22FN3O2S. The maximum Gasteiger partial charge on any atom is 0.215 e. The van der Waals surface area contributed by atoms with E-state index in [-0.39, 0.29) is 11.6 Å². The van der Waals surface area contributed by atoms with Crippen LogP contribution in [-0.2, 0) is 15.8 Å². The number of benzene rings is 1. The summed E-state index contributed by atoms with van der Waals surface area (Å²) in [5, 5.41) is 0. The van der Waals surface area contributed by atoms with Gasteiger partial charge in [-0.3, -0.25) is 4.98 Å². The predicted molar refractivity (Wildman–Crippen MR) is 96.2 cm³/mol. The summed E-state index contributed by atoms with van der Waals surface area (Å²) in [5.41, 5.74) is 1.69. The van der Waals surface area contributed by atoms with Crippen LogP contribution in [0.2, 0.25) is 0 Å². The first-order valence-corrected chi connectivity index (χ1v) is 10.0. The van der Waals surface area contributed by atoms with Crippen molar-refractivity contribution in [3.05, 3.63) is 60.2 Å². The van der Waals surface area contributed by atoms with Gasteiger partial charge in [0.25, 0.3) is 0 Å². The molecule has 0 spiro atoms. The summed E-state index contributed by atoms with van der Waals surface area (Å²) in [7, 11) is -3.41. The van der Waals surface area contributed by atoms with Gasteiger partial charge in [-0.25, -0.2) is 17.5 Å². The Hall–Kier alpha value is -1.99. The minimum absolute atomic E-state index is 0.123. The molecule has 134 valence electrons. The van der Waals surface area contributed by atoms with E-state index in [1.165, 1.54) is 24.3 Å². The molecule has 1 aromatic heterocycles. The molecule has 0 radical (unpaired) electrons. The Morgan fingerprint density at radius 1 is 1.16 bits per heavy atom. The molecule has 0 amide bonds. The normalized spacial score (nSPS) is 16.1. The fourth-order valence-electron chi connectivity index (χ4n) is 3.03. The number of aromatic nitrogens is 1. The van der Waals surface area contributed by atoms with Crippen LogP contribution in [0.5, 0.6) is 0 Å². The number of piperidine rings is 1. The molecule has 1 saturated heterocycles. The highest BCUT2D eigenvalue weighted by Gasteiger charge is 2.21. The first-order chi connectivity index (χ1) is 12.0. The zero-order valence-electron chi connectivity index (χ0n) is 13.9. The summed E-state index contributed by atoms with van der Waals surface area (Å²) in [4.78, 5) is 6.41. The van der Waals surface area contributed by atoms with Gasteiger partial charge in [-0.05, 0) is 48.6 Å². The van der Waals surface area contributed by atoms with E-state index >= 15 is 0 Å². The number of sulfonamides is 1. The fraction of sp³-hybridized carbons (Fsp3) is 0.389. The molecule has 0 aliphatic carbocycles. The topological polar surface area (TPSA) is 62.3 Å². The van der Waals surface area contributed by atoms with Gasteiger partial charge in [0.05, 0.1) is 17.6 Å². The van der Waals surface area contributed by atoms with Crippen LogP contribution in [0.25, 0.3) is 0 Å². The molecule has 2 heterocycles. The average molecular weight is 363 g/mol. The largest absolute Gasteiger partial charge is 0.370 e. The predicted octanol–water partition coefficient (Wildman–Crippen LogP) is 2.56. The summed E-state index contributed by atoms with van der Waals surface area (Å²) >= 11 is 0. The Labute approximate surface area is 147 Å². The zero-order valence-corrected chi connectivity index (χ0v) is 14.8. The first-order valence-electron chi connectivity index (χ1n) is 8.38. The third-order valence-corrected chi connectivity index (χ3v) is 5.81. The summed E-state index contributed by atoms with van der Waals surface area (Å²) < 4.78 is 40.0. The minimum Gasteiger partial charge on any atom is -0.370 e. The van der Waals surface area contributed by atoms with Crippen LogP contribution in [0.15, 0.2) is 48.8 Å². The second-order valence-electron chi connectivity index (χ2n) is 6.38. The lowest BCUT2D eigenvalue weighted by atomic mass is 9.97. The van der Waals surface area contributed by atoms with Crippen molar-refractivity contribution in [3.8, 4) is 0 Å². The summed E-state index contributed by atoms with van der Waals surface area (Å²) in [6, 6.07) is 9.52. The summed E-state index contributed by atoms with van der Waals surface area (Å²) in [6.07, 6.45) is 5.49. The smallest absolute Gasteiger partial charge is 0.215 e. The molecule has 1 fully saturated rings. The van der Waals surface area contributed by atoms with E-state index < -0.39 is 10.0 Å². The third kappa shape index (κ3) is 5.24. The number of pyridine rings is 1. The Bertz CT molecular complexity index is 774. The molecule has 1 aromatic carbocycles. The molecule has 0 bridgehead atoms. The third-order valence-electron chi connectivity index (χ3n) is 4.49. The van der Waals surface area contributed by atoms with E-state index in [0.29, 0.717) is 18.0 Å². The quantitative estimate of drug-likeness (QED) is 0.857. The van der Waals surface area contributed by atoms with E-state index in [1.54, 1.807) is 6.20 Å². The fourth-order valence-corrected chi connectivity index (χ4v) is 4.25. The lowest BCUT2D eigenvalue weighted by Gasteiger charge is -2.33. The van der Waals surface area contributed by atoms with Crippen LogP contribution in [-0.4, -0.2) is 33.0 Å². The van der Waals surface area contributed by atoms with Gasteiger partial charge < -0.3 is 4.90 Å². The van der Waals surface area contributed by atoms with E-state index in [9.17, 15) is 12.8 Å². The number of hydrogen-bond acceptors (Lipinski definition) is 4. The van der Waals surface area contributed by atoms with Crippen molar-refractivity contribution in [1.29, 1.82) is 0 Å². The van der Waals surface area contributed by atoms with Crippen LogP contribution >= 0.6 is 0 Å². The molecule has 1 aliphatic heterocycles. The SMILES string of the molecule is O=S(=O)(Cc1ccc(F)cc1)NCC1CCN(c2cccnc2)CC1. The highest BCUT2D eigenvalue weighted by molar-refractivity contribution is 7.88. The van der Waals surface area contributed by atoms with E-state index in [4.69, 9.17) is 0 Å². The molecule has 3 rings (SSSR count). The maximum atomic E-state index is 12.9. The van der Waals surface area contributed by atoms with Crippen LogP contribution in [0, 0.1) is 11.7 Å². The molecule has 0 unspecified atom stereocenters. The van der Waals surface area contributed by atoms with Gasteiger partial charge in [0.1, 0.15) is 5.82 Å². The minimum atomic E-state index is -3.41. The van der Waals surface area contributed by atoms with Gasteiger partial charge in [-0.1, -0.05) is 12.1 Å². The molecule has 0 saturated carbocycles. The van der Waals surface area contributed by atoms with E-state index in [0.717, 1.165) is 31.6 Å². The summed E-state index contributed by atoms with van der Waals surface area (Å²) in [5.74, 6) is -0.160. The molecule has 5 nitrogen and oxygen atoms in total. The molecule has 2 aromatic rings. The van der Waals surface area contributed by atoms with Crippen molar-refractivity contribution in [2.75, 3.05) is 24.5 Å². The van der Waals surface area contributed by atoms with Gasteiger partial charge in [-0.15, -0.1) is 0 Å². The second-order valence-corrected chi connectivity index (χ2v) is 8.18. The lowest BCUT2D eigenvalue weighted by molar-refractivity contribution is 0.402. The average Bonchev–Trinajstić information content (AvgIpc) is 2.63. The van der Waals surface area contributed by atoms with Gasteiger partial charge in [0.2, 0.25) is 10.0 Å². The highest BCUT2D eigenvalue weighted by Crippen LogP contribution is 2.22. The van der Waals surface area contributed by atoms with E-state index in [2.05, 4.69) is 14.6 Å². The van der Waals surface area contributed by atoms with Gasteiger partial charge in [-0.2, -0.15) is 0 Å². The Balaban J connectivity index is 1.46. The van der Waals surface area contributed by atoms with Crippen molar-refractivity contribution < 1.29 is 12.8 Å². The number of hydrogen-bond donors (Lipinski definition) is 1. The van der Waals surface area contributed by atoms with E-state index in [1.807, 2.05) is 18.3 Å². The number of rotatable bonds is 6. The van der Waals surface area contributed by atoms with Crippen molar-refractivity contribution in [3.63, 3.8) is 0 Å². The summed E-state index contributed by atoms with van der Waals surface area (Å²) in [6.45, 7) is 2.25. The molecule has 25 heavy (non-hydrogen) atoms. The molecule has 7 heteroatoms. The second kappa shape index (κ2) is 7.93. The van der Waals surface area contributed by atoms with Crippen LogP contribution < -0.4 is 9.62 Å². The Morgan fingerprint density at radius 2 is 1.88 bits per heavy atom. The van der Waals surface area contributed by atoms with Crippen molar-refractivity contribution in [2.24, 2.45) is 5.92 Å². The monoisotopic (exact) mass is 363 g/mol. The molecule has 1 N–H and O–H groups in total.